The van der Waals surface area contributed by atoms with Crippen molar-refractivity contribution < 1.29 is 4.79 Å². The van der Waals surface area contributed by atoms with Crippen molar-refractivity contribution in [3.05, 3.63) is 20.3 Å². The molecule has 1 aromatic rings. The van der Waals surface area contributed by atoms with Crippen LogP contribution in [0.2, 0.25) is 0 Å². The Labute approximate surface area is 142 Å². The minimum absolute atomic E-state index is 0.287. The molecule has 1 saturated heterocycles. The van der Waals surface area contributed by atoms with E-state index in [1.807, 2.05) is 4.90 Å². The molecule has 1 fully saturated rings. The summed E-state index contributed by atoms with van der Waals surface area (Å²) in [5.74, 6) is 0.287. The number of hydrogen-bond donors (Lipinski definition) is 1. The third-order valence-electron chi connectivity index (χ3n) is 4.51. The number of H-pyrrole nitrogens is 1. The molecule has 1 amide bonds. The number of rotatable bonds is 3. The fourth-order valence-corrected chi connectivity index (χ4v) is 4.17. The van der Waals surface area contributed by atoms with Gasteiger partial charge in [0.25, 0.3) is 0 Å². The highest BCUT2D eigenvalue weighted by atomic mass is 79.9. The Morgan fingerprint density at radius 2 is 1.90 bits per heavy atom. The van der Waals surface area contributed by atoms with E-state index >= 15 is 0 Å². The minimum atomic E-state index is 0.287. The lowest BCUT2D eigenvalue weighted by atomic mass is 10.1. The topological polar surface area (TPSA) is 39.3 Å². The van der Waals surface area contributed by atoms with Gasteiger partial charge in [0.1, 0.15) is 0 Å². The van der Waals surface area contributed by atoms with E-state index < -0.39 is 0 Å². The lowest BCUT2D eigenvalue weighted by Crippen LogP contribution is -2.39. The Morgan fingerprint density at radius 3 is 2.67 bits per heavy atom. The number of nitrogens with one attached hydrogen (secondary N) is 1. The van der Waals surface area contributed by atoms with E-state index in [1.165, 1.54) is 30.5 Å². The highest BCUT2D eigenvalue weighted by Crippen LogP contribution is 2.33. The highest BCUT2D eigenvalue weighted by Gasteiger charge is 2.25. The molecule has 6 heteroatoms. The molecule has 2 aliphatic rings. The van der Waals surface area contributed by atoms with Crippen molar-refractivity contribution >= 4 is 37.8 Å². The van der Waals surface area contributed by atoms with Crippen LogP contribution in [0.4, 0.5) is 0 Å². The molecule has 0 atom stereocenters. The molecule has 4 nitrogen and oxygen atoms in total. The monoisotopic (exact) mass is 417 g/mol. The molecule has 21 heavy (non-hydrogen) atoms. The zero-order valence-corrected chi connectivity index (χ0v) is 15.3. The number of carbonyl (C=O) groups excluding carboxylic acids is 1. The first-order chi connectivity index (χ1) is 10.1. The number of amides is 1. The van der Waals surface area contributed by atoms with Crippen molar-refractivity contribution in [3.63, 3.8) is 0 Å². The highest BCUT2D eigenvalue weighted by molar-refractivity contribution is 9.13. The molecule has 0 saturated carbocycles. The predicted octanol–water partition coefficient (Wildman–Crippen LogP) is 3.30. The number of fused-ring (bicyclic) bond motifs is 1. The van der Waals surface area contributed by atoms with Crippen LogP contribution in [0.25, 0.3) is 0 Å². The molecule has 0 bridgehead atoms. The molecule has 0 radical (unpaired) electrons. The molecular formula is C15H21Br2N3O. The average molecular weight is 419 g/mol. The number of halogens is 2. The van der Waals surface area contributed by atoms with Crippen LogP contribution in [0.3, 0.4) is 0 Å². The molecule has 0 unspecified atom stereocenters. The second-order valence-electron chi connectivity index (χ2n) is 5.93. The summed E-state index contributed by atoms with van der Waals surface area (Å²) >= 11 is 7.09. The van der Waals surface area contributed by atoms with Crippen LogP contribution in [0, 0.1) is 0 Å². The third-order valence-corrected chi connectivity index (χ3v) is 6.51. The number of nitrogens with zero attached hydrogens (tertiary/aromatic N) is 2. The predicted molar refractivity (Wildman–Crippen MR) is 90.2 cm³/mol. The summed E-state index contributed by atoms with van der Waals surface area (Å²) in [6, 6.07) is 0. The lowest BCUT2D eigenvalue weighted by molar-refractivity contribution is -0.132. The molecular weight excluding hydrogens is 398 g/mol. The van der Waals surface area contributed by atoms with E-state index in [4.69, 9.17) is 0 Å². The van der Waals surface area contributed by atoms with E-state index in [9.17, 15) is 4.79 Å². The van der Waals surface area contributed by atoms with E-state index in [-0.39, 0.29) is 5.91 Å². The molecule has 3 rings (SSSR count). The van der Waals surface area contributed by atoms with Crippen molar-refractivity contribution in [2.24, 2.45) is 0 Å². The summed E-state index contributed by atoms with van der Waals surface area (Å²) in [6.07, 6.45) is 5.47. The Kier molecular flexibility index (Phi) is 5.07. The van der Waals surface area contributed by atoms with Crippen LogP contribution >= 0.6 is 31.9 Å². The van der Waals surface area contributed by atoms with Gasteiger partial charge in [0, 0.05) is 43.7 Å². The standard InChI is InChI=1S/C15H21Br2N3O/c16-14-11-10-20(9-4-12(11)18-15(14)17)13(21)5-8-19-6-2-1-3-7-19/h18H,1-10H2. The summed E-state index contributed by atoms with van der Waals surface area (Å²) < 4.78 is 2.04. The summed E-state index contributed by atoms with van der Waals surface area (Å²) in [6.45, 7) is 4.78. The van der Waals surface area contributed by atoms with Gasteiger partial charge in [-0.2, -0.15) is 0 Å². The Hall–Kier alpha value is -0.330. The van der Waals surface area contributed by atoms with Gasteiger partial charge < -0.3 is 14.8 Å². The number of hydrogen-bond acceptors (Lipinski definition) is 2. The molecule has 1 aromatic heterocycles. The average Bonchev–Trinajstić information content (AvgIpc) is 2.80. The smallest absolute Gasteiger partial charge is 0.224 e. The first-order valence-corrected chi connectivity index (χ1v) is 9.28. The van der Waals surface area contributed by atoms with E-state index in [0.717, 1.165) is 48.2 Å². The van der Waals surface area contributed by atoms with Gasteiger partial charge in [0.2, 0.25) is 5.91 Å². The Balaban J connectivity index is 1.55. The maximum Gasteiger partial charge on any atom is 0.224 e. The van der Waals surface area contributed by atoms with Crippen LogP contribution < -0.4 is 0 Å². The summed E-state index contributed by atoms with van der Waals surface area (Å²) in [4.78, 5) is 20.2. The van der Waals surface area contributed by atoms with Gasteiger partial charge in [0.15, 0.2) is 0 Å². The second kappa shape index (κ2) is 6.84. The van der Waals surface area contributed by atoms with Gasteiger partial charge in [-0.25, -0.2) is 0 Å². The van der Waals surface area contributed by atoms with E-state index in [1.54, 1.807) is 0 Å². The number of aromatic amines is 1. The molecule has 3 heterocycles. The van der Waals surface area contributed by atoms with Gasteiger partial charge >= 0.3 is 0 Å². The van der Waals surface area contributed by atoms with E-state index in [2.05, 4.69) is 41.7 Å². The minimum Gasteiger partial charge on any atom is -0.352 e. The van der Waals surface area contributed by atoms with Gasteiger partial charge in [-0.1, -0.05) is 6.42 Å². The largest absolute Gasteiger partial charge is 0.352 e. The summed E-state index contributed by atoms with van der Waals surface area (Å²) in [7, 11) is 0. The second-order valence-corrected chi connectivity index (χ2v) is 7.51. The lowest BCUT2D eigenvalue weighted by Gasteiger charge is -2.30. The molecule has 0 aliphatic carbocycles. The third kappa shape index (κ3) is 3.54. The van der Waals surface area contributed by atoms with Crippen LogP contribution in [-0.4, -0.2) is 46.9 Å². The number of aromatic nitrogens is 1. The molecule has 0 spiro atoms. The van der Waals surface area contributed by atoms with Gasteiger partial charge in [-0.05, 0) is 57.8 Å². The number of carbonyl (C=O) groups is 1. The normalized spacial score (nSPS) is 19.6. The maximum atomic E-state index is 12.4. The number of piperidine rings is 1. The van der Waals surface area contributed by atoms with Gasteiger partial charge in [-0.15, -0.1) is 0 Å². The zero-order chi connectivity index (χ0) is 14.8. The van der Waals surface area contributed by atoms with Crippen molar-refractivity contribution in [1.29, 1.82) is 0 Å². The van der Waals surface area contributed by atoms with Crippen LogP contribution in [-0.2, 0) is 17.8 Å². The van der Waals surface area contributed by atoms with Crippen LogP contribution in [0.5, 0.6) is 0 Å². The van der Waals surface area contributed by atoms with Crippen molar-refractivity contribution in [3.8, 4) is 0 Å². The number of likely N-dealkylation sites (tertiary alicyclic amines) is 1. The Morgan fingerprint density at radius 1 is 1.14 bits per heavy atom. The fraction of sp³-hybridized carbons (Fsp3) is 0.667. The summed E-state index contributed by atoms with van der Waals surface area (Å²) in [5.41, 5.74) is 2.47. The molecule has 2 aliphatic heterocycles. The zero-order valence-electron chi connectivity index (χ0n) is 12.1. The van der Waals surface area contributed by atoms with Crippen molar-refractivity contribution in [2.45, 2.75) is 38.6 Å². The maximum absolute atomic E-state index is 12.4. The SMILES string of the molecule is O=C(CCN1CCCCC1)N1CCc2[nH]c(Br)c(Br)c2C1. The molecule has 1 N–H and O–H groups in total. The fourth-order valence-electron chi connectivity index (χ4n) is 3.23. The first-order valence-electron chi connectivity index (χ1n) is 7.70. The summed E-state index contributed by atoms with van der Waals surface area (Å²) in [5, 5.41) is 0. The quantitative estimate of drug-likeness (QED) is 0.817. The van der Waals surface area contributed by atoms with Crippen molar-refractivity contribution in [2.75, 3.05) is 26.2 Å². The van der Waals surface area contributed by atoms with Crippen LogP contribution in [0.1, 0.15) is 36.9 Å². The van der Waals surface area contributed by atoms with Gasteiger partial charge in [0.05, 0.1) is 9.08 Å². The first kappa shape index (κ1) is 15.6. The van der Waals surface area contributed by atoms with Gasteiger partial charge in [-0.3, -0.25) is 4.79 Å². The molecule has 116 valence electrons. The van der Waals surface area contributed by atoms with E-state index in [0.29, 0.717) is 6.42 Å². The van der Waals surface area contributed by atoms with Crippen LogP contribution in [0.15, 0.2) is 9.08 Å². The Bertz CT molecular complexity index is 523. The van der Waals surface area contributed by atoms with Crippen molar-refractivity contribution in [1.82, 2.24) is 14.8 Å². The molecule has 0 aromatic carbocycles.